The second-order valence-electron chi connectivity index (χ2n) is 5.75. The highest BCUT2D eigenvalue weighted by Crippen LogP contribution is 2.47. The number of nitrogens with two attached hydrogens (primary N) is 1. The molecule has 132 valence electrons. The van der Waals surface area contributed by atoms with Crippen molar-refractivity contribution in [3.05, 3.63) is 52.8 Å². The zero-order valence-corrected chi connectivity index (χ0v) is 14.7. The fourth-order valence-electron chi connectivity index (χ4n) is 2.77. The van der Waals surface area contributed by atoms with Crippen LogP contribution in [0.25, 0.3) is 0 Å². The molecule has 7 heteroatoms. The van der Waals surface area contributed by atoms with Crippen LogP contribution in [0.2, 0.25) is 5.02 Å². The molecular weight excluding hydrogens is 345 g/mol. The van der Waals surface area contributed by atoms with Crippen LogP contribution in [-0.4, -0.2) is 26.2 Å². The largest absolute Gasteiger partial charge is 0.493 e. The van der Waals surface area contributed by atoms with Crippen molar-refractivity contribution in [2.45, 2.75) is 18.4 Å². The molecule has 1 saturated carbocycles. The van der Waals surface area contributed by atoms with Gasteiger partial charge in [-0.3, -0.25) is 0 Å². The van der Waals surface area contributed by atoms with E-state index in [0.29, 0.717) is 22.1 Å². The van der Waals surface area contributed by atoms with Crippen molar-refractivity contribution in [2.24, 2.45) is 10.7 Å². The summed E-state index contributed by atoms with van der Waals surface area (Å²) in [6.45, 7) is 0. The van der Waals surface area contributed by atoms with E-state index < -0.39 is 0 Å². The predicted molar refractivity (Wildman–Crippen MR) is 97.3 cm³/mol. The molecule has 3 N–H and O–H groups in total. The number of nitrogens with one attached hydrogen (secondary N) is 1. The van der Waals surface area contributed by atoms with E-state index in [2.05, 4.69) is 10.3 Å². The molecule has 2 aromatic carbocycles. The summed E-state index contributed by atoms with van der Waals surface area (Å²) in [6.07, 6.45) is 0.717. The van der Waals surface area contributed by atoms with E-state index in [-0.39, 0.29) is 23.7 Å². The normalized spacial score (nSPS) is 19.4. The van der Waals surface area contributed by atoms with Crippen molar-refractivity contribution in [1.29, 1.82) is 0 Å². The van der Waals surface area contributed by atoms with E-state index in [9.17, 15) is 4.39 Å². The first-order valence-corrected chi connectivity index (χ1v) is 8.17. The maximum Gasteiger partial charge on any atom is 0.193 e. The molecule has 5 nitrogen and oxygen atoms in total. The van der Waals surface area contributed by atoms with E-state index in [1.807, 2.05) is 6.07 Å². The molecule has 0 bridgehead atoms. The smallest absolute Gasteiger partial charge is 0.193 e. The summed E-state index contributed by atoms with van der Waals surface area (Å²) < 4.78 is 24.4. The van der Waals surface area contributed by atoms with Gasteiger partial charge >= 0.3 is 0 Å². The predicted octanol–water partition coefficient (Wildman–Crippen LogP) is 3.78. The van der Waals surface area contributed by atoms with Crippen LogP contribution in [0.5, 0.6) is 11.5 Å². The third kappa shape index (κ3) is 3.79. The van der Waals surface area contributed by atoms with Gasteiger partial charge in [0.2, 0.25) is 0 Å². The second kappa shape index (κ2) is 7.19. The number of hydrogen-bond donors (Lipinski definition) is 2. The van der Waals surface area contributed by atoms with E-state index in [1.165, 1.54) is 6.07 Å². The Balaban J connectivity index is 1.70. The fourth-order valence-corrected chi connectivity index (χ4v) is 3.08. The van der Waals surface area contributed by atoms with Gasteiger partial charge in [0.15, 0.2) is 17.5 Å². The molecule has 0 heterocycles. The Hall–Kier alpha value is -2.47. The molecule has 0 spiro atoms. The lowest BCUT2D eigenvalue weighted by molar-refractivity contribution is 0.355. The van der Waals surface area contributed by atoms with Gasteiger partial charge in [0.05, 0.1) is 20.3 Å². The number of aliphatic imine (C=N–C) groups is 1. The van der Waals surface area contributed by atoms with Gasteiger partial charge in [-0.1, -0.05) is 17.7 Å². The van der Waals surface area contributed by atoms with E-state index >= 15 is 0 Å². The summed E-state index contributed by atoms with van der Waals surface area (Å²) in [4.78, 5) is 4.41. The summed E-state index contributed by atoms with van der Waals surface area (Å²) in [5, 5.41) is 3.43. The molecule has 2 atom stereocenters. The Morgan fingerprint density at radius 3 is 2.68 bits per heavy atom. The van der Waals surface area contributed by atoms with Gasteiger partial charge in [-0.25, -0.2) is 9.38 Å². The second-order valence-corrected chi connectivity index (χ2v) is 6.16. The Morgan fingerprint density at radius 2 is 2.00 bits per heavy atom. The van der Waals surface area contributed by atoms with Crippen molar-refractivity contribution in [3.8, 4) is 11.5 Å². The Labute approximate surface area is 150 Å². The maximum atomic E-state index is 13.9. The number of anilines is 1. The SMILES string of the molecule is COc1ccc(NC(N)=NC2CC2c2c(F)cccc2Cl)cc1OC. The Bertz CT molecular complexity index is 793. The molecule has 0 aliphatic heterocycles. The van der Waals surface area contributed by atoms with Crippen LogP contribution in [0.3, 0.4) is 0 Å². The minimum atomic E-state index is -0.304. The van der Waals surface area contributed by atoms with Gasteiger partial charge in [0.1, 0.15) is 5.82 Å². The van der Waals surface area contributed by atoms with Crippen LogP contribution in [0.1, 0.15) is 17.9 Å². The number of guanidine groups is 1. The summed E-state index contributed by atoms with van der Waals surface area (Å²) in [7, 11) is 3.13. The number of rotatable bonds is 5. The molecule has 0 amide bonds. The molecule has 0 radical (unpaired) electrons. The van der Waals surface area contributed by atoms with Crippen LogP contribution >= 0.6 is 11.6 Å². The average molecular weight is 364 g/mol. The molecular formula is C18H19ClFN3O2. The molecule has 0 saturated heterocycles. The molecule has 3 rings (SSSR count). The van der Waals surface area contributed by atoms with Crippen LogP contribution in [0.15, 0.2) is 41.4 Å². The van der Waals surface area contributed by atoms with Crippen LogP contribution in [0.4, 0.5) is 10.1 Å². The van der Waals surface area contributed by atoms with Crippen LogP contribution < -0.4 is 20.5 Å². The van der Waals surface area contributed by atoms with Gasteiger partial charge in [-0.05, 0) is 30.7 Å². The number of methoxy groups -OCH3 is 2. The van der Waals surface area contributed by atoms with E-state index in [0.717, 1.165) is 12.1 Å². The first kappa shape index (κ1) is 17.4. The monoisotopic (exact) mass is 363 g/mol. The molecule has 1 aliphatic carbocycles. The van der Waals surface area contributed by atoms with Crippen molar-refractivity contribution in [3.63, 3.8) is 0 Å². The number of nitrogens with zero attached hydrogens (tertiary/aromatic N) is 1. The first-order valence-electron chi connectivity index (χ1n) is 7.79. The number of benzene rings is 2. The summed E-state index contributed by atoms with van der Waals surface area (Å²) >= 11 is 6.10. The number of halogens is 2. The third-order valence-electron chi connectivity index (χ3n) is 4.09. The van der Waals surface area contributed by atoms with Gasteiger partial charge in [0.25, 0.3) is 0 Å². The standard InChI is InChI=1S/C18H19ClFN3O2/c1-24-15-7-6-10(8-16(15)25-2)22-18(21)23-14-9-11(14)17-12(19)4-3-5-13(17)20/h3-8,11,14H,9H2,1-2H3,(H3,21,22,23). The first-order chi connectivity index (χ1) is 12.0. The zero-order chi connectivity index (χ0) is 18.0. The van der Waals surface area contributed by atoms with Gasteiger partial charge in [-0.15, -0.1) is 0 Å². The topological polar surface area (TPSA) is 68.9 Å². The lowest BCUT2D eigenvalue weighted by Gasteiger charge is -2.11. The Kier molecular flexibility index (Phi) is 4.99. The lowest BCUT2D eigenvalue weighted by Crippen LogP contribution is -2.23. The van der Waals surface area contributed by atoms with Gasteiger partial charge < -0.3 is 20.5 Å². The minimum Gasteiger partial charge on any atom is -0.493 e. The molecule has 25 heavy (non-hydrogen) atoms. The number of hydrogen-bond acceptors (Lipinski definition) is 3. The maximum absolute atomic E-state index is 13.9. The lowest BCUT2D eigenvalue weighted by atomic mass is 10.1. The van der Waals surface area contributed by atoms with Crippen LogP contribution in [-0.2, 0) is 0 Å². The minimum absolute atomic E-state index is 0.0422. The average Bonchev–Trinajstić information content (AvgIpc) is 3.32. The van der Waals surface area contributed by atoms with Gasteiger partial charge in [0, 0.05) is 28.3 Å². The van der Waals surface area contributed by atoms with Crippen LogP contribution in [0, 0.1) is 5.82 Å². The molecule has 1 aliphatic rings. The number of ether oxygens (including phenoxy) is 2. The molecule has 0 aromatic heterocycles. The molecule has 2 unspecified atom stereocenters. The zero-order valence-electron chi connectivity index (χ0n) is 13.9. The highest BCUT2D eigenvalue weighted by Gasteiger charge is 2.41. The highest BCUT2D eigenvalue weighted by atomic mass is 35.5. The summed E-state index contributed by atoms with van der Waals surface area (Å²) in [5.41, 5.74) is 7.20. The van der Waals surface area contributed by atoms with Crippen molar-refractivity contribution >= 4 is 23.2 Å². The highest BCUT2D eigenvalue weighted by molar-refractivity contribution is 6.31. The van der Waals surface area contributed by atoms with E-state index in [1.54, 1.807) is 38.5 Å². The summed E-state index contributed by atoms with van der Waals surface area (Å²) in [5.74, 6) is 1.12. The third-order valence-corrected chi connectivity index (χ3v) is 4.42. The quantitative estimate of drug-likeness (QED) is 0.626. The van der Waals surface area contributed by atoms with E-state index in [4.69, 9.17) is 26.8 Å². The molecule has 1 fully saturated rings. The Morgan fingerprint density at radius 1 is 1.24 bits per heavy atom. The summed E-state index contributed by atoms with van der Waals surface area (Å²) in [6, 6.07) is 9.95. The fraction of sp³-hybridized carbons (Fsp3) is 0.278. The van der Waals surface area contributed by atoms with Crippen molar-refractivity contribution in [2.75, 3.05) is 19.5 Å². The molecule has 2 aromatic rings. The van der Waals surface area contributed by atoms with Crippen molar-refractivity contribution in [1.82, 2.24) is 0 Å². The van der Waals surface area contributed by atoms with Crippen molar-refractivity contribution < 1.29 is 13.9 Å². The van der Waals surface area contributed by atoms with Gasteiger partial charge in [-0.2, -0.15) is 0 Å².